The Hall–Kier alpha value is -0.990. The molecule has 16 heavy (non-hydrogen) atoms. The minimum absolute atomic E-state index is 0.248. The van der Waals surface area contributed by atoms with E-state index in [2.05, 4.69) is 6.92 Å². The molecule has 2 rings (SSSR count). The molecule has 0 spiro atoms. The van der Waals surface area contributed by atoms with E-state index in [0.717, 1.165) is 24.8 Å². The van der Waals surface area contributed by atoms with Crippen LogP contribution in [0.1, 0.15) is 36.5 Å². The SMILES string of the molecule is Cc1ccc(CC2(C)CC2)cc1C(F)(F)F. The van der Waals surface area contributed by atoms with Gasteiger partial charge in [-0.25, -0.2) is 0 Å². The second kappa shape index (κ2) is 3.51. The first-order valence-corrected chi connectivity index (χ1v) is 5.47. The standard InChI is InChI=1S/C13H15F3/c1-9-3-4-10(8-12(2)5-6-12)7-11(9)13(14,15)16/h3-4,7H,5-6,8H2,1-2H3. The minimum Gasteiger partial charge on any atom is -0.166 e. The van der Waals surface area contributed by atoms with E-state index in [1.807, 2.05) is 6.07 Å². The van der Waals surface area contributed by atoms with Crippen molar-refractivity contribution in [3.05, 3.63) is 34.9 Å². The van der Waals surface area contributed by atoms with E-state index < -0.39 is 11.7 Å². The van der Waals surface area contributed by atoms with Gasteiger partial charge in [0.05, 0.1) is 5.56 Å². The summed E-state index contributed by atoms with van der Waals surface area (Å²) in [5.74, 6) is 0. The van der Waals surface area contributed by atoms with Crippen LogP contribution in [0, 0.1) is 12.3 Å². The molecule has 0 bridgehead atoms. The molecular formula is C13H15F3. The van der Waals surface area contributed by atoms with Crippen molar-refractivity contribution in [2.24, 2.45) is 5.41 Å². The first kappa shape index (κ1) is 11.5. The summed E-state index contributed by atoms with van der Waals surface area (Å²) in [7, 11) is 0. The molecule has 1 fully saturated rings. The lowest BCUT2D eigenvalue weighted by Gasteiger charge is -2.14. The molecule has 0 unspecified atom stereocenters. The summed E-state index contributed by atoms with van der Waals surface area (Å²) in [6, 6.07) is 4.69. The van der Waals surface area contributed by atoms with Gasteiger partial charge in [0.15, 0.2) is 0 Å². The van der Waals surface area contributed by atoms with Crippen molar-refractivity contribution in [1.29, 1.82) is 0 Å². The van der Waals surface area contributed by atoms with Crippen molar-refractivity contribution >= 4 is 0 Å². The van der Waals surface area contributed by atoms with Gasteiger partial charge in [0.2, 0.25) is 0 Å². The highest BCUT2D eigenvalue weighted by Gasteiger charge is 2.38. The van der Waals surface area contributed by atoms with Gasteiger partial charge in [-0.1, -0.05) is 19.1 Å². The van der Waals surface area contributed by atoms with Crippen LogP contribution in [-0.4, -0.2) is 0 Å². The minimum atomic E-state index is -4.23. The van der Waals surface area contributed by atoms with Crippen molar-refractivity contribution in [1.82, 2.24) is 0 Å². The van der Waals surface area contributed by atoms with Crippen LogP contribution in [0.15, 0.2) is 18.2 Å². The molecule has 1 saturated carbocycles. The molecule has 1 aromatic rings. The Kier molecular flexibility index (Phi) is 2.52. The van der Waals surface area contributed by atoms with Crippen molar-refractivity contribution < 1.29 is 13.2 Å². The Morgan fingerprint density at radius 3 is 2.38 bits per heavy atom. The monoisotopic (exact) mass is 228 g/mol. The van der Waals surface area contributed by atoms with Crippen molar-refractivity contribution in [3.63, 3.8) is 0 Å². The van der Waals surface area contributed by atoms with Gasteiger partial charge in [0.25, 0.3) is 0 Å². The van der Waals surface area contributed by atoms with Crippen molar-refractivity contribution in [3.8, 4) is 0 Å². The zero-order chi connectivity index (χ0) is 12.0. The summed E-state index contributed by atoms with van der Waals surface area (Å²) in [4.78, 5) is 0. The van der Waals surface area contributed by atoms with Crippen LogP contribution in [0.25, 0.3) is 0 Å². The number of halogens is 3. The molecule has 1 aliphatic rings. The Labute approximate surface area is 93.5 Å². The summed E-state index contributed by atoms with van der Waals surface area (Å²) in [6.07, 6.45) is -1.22. The van der Waals surface area contributed by atoms with Gasteiger partial charge < -0.3 is 0 Å². The Morgan fingerprint density at radius 1 is 1.25 bits per heavy atom. The second-order valence-corrected chi connectivity index (χ2v) is 5.13. The molecule has 1 aromatic carbocycles. The van der Waals surface area contributed by atoms with E-state index in [9.17, 15) is 13.2 Å². The third-order valence-electron chi connectivity index (χ3n) is 3.34. The van der Waals surface area contributed by atoms with Crippen molar-refractivity contribution in [2.75, 3.05) is 0 Å². The number of benzene rings is 1. The van der Waals surface area contributed by atoms with Crippen LogP contribution in [-0.2, 0) is 12.6 Å². The molecule has 0 atom stereocenters. The topological polar surface area (TPSA) is 0 Å². The van der Waals surface area contributed by atoms with Crippen LogP contribution in [0.5, 0.6) is 0 Å². The molecule has 1 aliphatic carbocycles. The Balaban J connectivity index is 2.28. The maximum Gasteiger partial charge on any atom is 0.416 e. The zero-order valence-corrected chi connectivity index (χ0v) is 9.49. The lowest BCUT2D eigenvalue weighted by atomic mass is 9.95. The molecule has 0 saturated heterocycles. The molecule has 0 nitrogen and oxygen atoms in total. The normalized spacial score (nSPS) is 18.6. The predicted octanol–water partition coefficient (Wildman–Crippen LogP) is 4.36. The summed E-state index contributed by atoms with van der Waals surface area (Å²) >= 11 is 0. The molecule has 0 amide bonds. The quantitative estimate of drug-likeness (QED) is 0.705. The van der Waals surface area contributed by atoms with Crippen molar-refractivity contribution in [2.45, 2.75) is 39.3 Å². The molecule has 3 heteroatoms. The average Bonchev–Trinajstić information content (AvgIpc) is 2.85. The smallest absolute Gasteiger partial charge is 0.166 e. The fourth-order valence-electron chi connectivity index (χ4n) is 1.97. The lowest BCUT2D eigenvalue weighted by Crippen LogP contribution is -2.09. The van der Waals surface area contributed by atoms with Crippen LogP contribution in [0.4, 0.5) is 13.2 Å². The van der Waals surface area contributed by atoms with Crippen LogP contribution < -0.4 is 0 Å². The van der Waals surface area contributed by atoms with Gasteiger partial charge in [0.1, 0.15) is 0 Å². The summed E-state index contributed by atoms with van der Waals surface area (Å²) in [5, 5.41) is 0. The molecule has 0 radical (unpaired) electrons. The summed E-state index contributed by atoms with van der Waals surface area (Å²) < 4.78 is 38.0. The van der Waals surface area contributed by atoms with Crippen LogP contribution in [0.3, 0.4) is 0 Å². The van der Waals surface area contributed by atoms with Gasteiger partial charge in [-0.05, 0) is 48.8 Å². The zero-order valence-electron chi connectivity index (χ0n) is 9.49. The number of aryl methyl sites for hydroxylation is 1. The maximum absolute atomic E-state index is 12.7. The highest BCUT2D eigenvalue weighted by atomic mass is 19.4. The molecule has 0 aromatic heterocycles. The number of alkyl halides is 3. The van der Waals surface area contributed by atoms with Gasteiger partial charge in [0, 0.05) is 0 Å². The Bertz CT molecular complexity index is 400. The average molecular weight is 228 g/mol. The van der Waals surface area contributed by atoms with E-state index in [0.29, 0.717) is 5.56 Å². The largest absolute Gasteiger partial charge is 0.416 e. The third-order valence-corrected chi connectivity index (χ3v) is 3.34. The van der Waals surface area contributed by atoms with E-state index in [4.69, 9.17) is 0 Å². The predicted molar refractivity (Wildman–Crippen MR) is 57.2 cm³/mol. The first-order chi connectivity index (χ1) is 7.30. The van der Waals surface area contributed by atoms with E-state index >= 15 is 0 Å². The highest BCUT2D eigenvalue weighted by molar-refractivity contribution is 5.34. The van der Waals surface area contributed by atoms with Gasteiger partial charge >= 0.3 is 6.18 Å². The molecule has 0 N–H and O–H groups in total. The number of hydrogen-bond acceptors (Lipinski definition) is 0. The number of hydrogen-bond donors (Lipinski definition) is 0. The van der Waals surface area contributed by atoms with E-state index in [1.54, 1.807) is 6.07 Å². The van der Waals surface area contributed by atoms with Gasteiger partial charge in [-0.2, -0.15) is 13.2 Å². The summed E-state index contributed by atoms with van der Waals surface area (Å²) in [5.41, 5.74) is 0.863. The van der Waals surface area contributed by atoms with Gasteiger partial charge in [-0.3, -0.25) is 0 Å². The fraction of sp³-hybridized carbons (Fsp3) is 0.538. The molecule has 88 valence electrons. The number of rotatable bonds is 2. The molecular weight excluding hydrogens is 213 g/mol. The van der Waals surface area contributed by atoms with E-state index in [-0.39, 0.29) is 5.41 Å². The van der Waals surface area contributed by atoms with Crippen LogP contribution in [0.2, 0.25) is 0 Å². The summed E-state index contributed by atoms with van der Waals surface area (Å²) in [6.45, 7) is 3.63. The molecule has 0 aliphatic heterocycles. The second-order valence-electron chi connectivity index (χ2n) is 5.13. The Morgan fingerprint density at radius 2 is 1.88 bits per heavy atom. The first-order valence-electron chi connectivity index (χ1n) is 5.47. The molecule has 0 heterocycles. The lowest BCUT2D eigenvalue weighted by molar-refractivity contribution is -0.138. The third kappa shape index (κ3) is 2.39. The highest BCUT2D eigenvalue weighted by Crippen LogP contribution is 2.48. The van der Waals surface area contributed by atoms with E-state index in [1.165, 1.54) is 13.0 Å². The maximum atomic E-state index is 12.7. The fourth-order valence-corrected chi connectivity index (χ4v) is 1.97. The van der Waals surface area contributed by atoms with Gasteiger partial charge in [-0.15, -0.1) is 0 Å². The van der Waals surface area contributed by atoms with Crippen LogP contribution >= 0.6 is 0 Å².